The highest BCUT2D eigenvalue weighted by molar-refractivity contribution is 5.90. The first-order valence-electron chi connectivity index (χ1n) is 10.00. The largest absolute Gasteiger partial charge is 0.417 e. The minimum Gasteiger partial charge on any atom is -0.417 e. The van der Waals surface area contributed by atoms with Crippen molar-refractivity contribution in [2.24, 2.45) is 0 Å². The third-order valence-electron chi connectivity index (χ3n) is 6.00. The van der Waals surface area contributed by atoms with Gasteiger partial charge < -0.3 is 14.3 Å². The molecule has 1 aliphatic carbocycles. The van der Waals surface area contributed by atoms with Crippen molar-refractivity contribution in [1.82, 2.24) is 34.7 Å². The normalized spacial score (nSPS) is 19.1. The molecule has 6 rings (SSSR count). The van der Waals surface area contributed by atoms with E-state index in [2.05, 4.69) is 25.3 Å². The highest BCUT2D eigenvalue weighted by atomic mass is 19.1. The van der Waals surface area contributed by atoms with Crippen molar-refractivity contribution >= 4 is 11.4 Å². The second-order valence-corrected chi connectivity index (χ2v) is 7.75. The number of hydrogen-bond donors (Lipinski definition) is 1. The summed E-state index contributed by atoms with van der Waals surface area (Å²) >= 11 is 0. The van der Waals surface area contributed by atoms with Gasteiger partial charge in [0, 0.05) is 24.6 Å². The van der Waals surface area contributed by atoms with Gasteiger partial charge in [-0.2, -0.15) is 9.49 Å². The summed E-state index contributed by atoms with van der Waals surface area (Å²) in [6.07, 6.45) is 5.36. The Bertz CT molecular complexity index is 1260. The van der Waals surface area contributed by atoms with Gasteiger partial charge >= 0.3 is 11.8 Å². The Morgan fingerprint density at radius 2 is 2.17 bits per heavy atom. The minimum atomic E-state index is -0.578. The molecule has 1 atom stereocenters. The molecule has 0 radical (unpaired) electrons. The molecule has 9 nitrogen and oxygen atoms in total. The number of pyridine rings is 1. The van der Waals surface area contributed by atoms with Gasteiger partial charge in [0.05, 0.1) is 23.2 Å². The predicted octanol–water partition coefficient (Wildman–Crippen LogP) is 2.63. The van der Waals surface area contributed by atoms with E-state index in [1.165, 1.54) is 10.6 Å². The zero-order valence-electron chi connectivity index (χ0n) is 16.0. The van der Waals surface area contributed by atoms with Gasteiger partial charge in [-0.3, -0.25) is 4.79 Å². The highest BCUT2D eigenvalue weighted by Crippen LogP contribution is 2.37. The SMILES string of the molecule is O=C(c1nnc(C2CCC2)o1)N1CCc2[nH]cnc2C1c1cc2cccc(F)n2n1. The molecule has 1 amide bonds. The fourth-order valence-corrected chi connectivity index (χ4v) is 4.19. The van der Waals surface area contributed by atoms with Crippen LogP contribution in [0.3, 0.4) is 0 Å². The van der Waals surface area contributed by atoms with Crippen molar-refractivity contribution < 1.29 is 13.6 Å². The number of nitrogens with one attached hydrogen (secondary N) is 1. The Balaban J connectivity index is 1.41. The molecule has 10 heteroatoms. The Labute approximate surface area is 169 Å². The lowest BCUT2D eigenvalue weighted by molar-refractivity contribution is 0.0642. The molecule has 0 aromatic carbocycles. The Morgan fingerprint density at radius 1 is 1.27 bits per heavy atom. The molecule has 4 aromatic heterocycles. The van der Waals surface area contributed by atoms with Gasteiger partial charge in [-0.15, -0.1) is 10.2 Å². The minimum absolute atomic E-state index is 0.0316. The summed E-state index contributed by atoms with van der Waals surface area (Å²) in [5.41, 5.74) is 2.75. The Hall–Kier alpha value is -3.56. The van der Waals surface area contributed by atoms with Crippen LogP contribution in [0.25, 0.3) is 5.52 Å². The maximum absolute atomic E-state index is 14.2. The molecule has 0 saturated heterocycles. The molecule has 1 N–H and O–H groups in total. The van der Waals surface area contributed by atoms with E-state index in [1.807, 2.05) is 0 Å². The number of carbonyl (C=O) groups excluding carboxylic acids is 1. The van der Waals surface area contributed by atoms with Crippen LogP contribution in [0.2, 0.25) is 0 Å². The average Bonchev–Trinajstić information content (AvgIpc) is 3.44. The summed E-state index contributed by atoms with van der Waals surface area (Å²) in [4.78, 5) is 22.5. The molecule has 2 aliphatic rings. The first-order valence-corrected chi connectivity index (χ1v) is 10.00. The van der Waals surface area contributed by atoms with Crippen molar-refractivity contribution in [3.63, 3.8) is 0 Å². The second-order valence-electron chi connectivity index (χ2n) is 7.75. The van der Waals surface area contributed by atoms with Crippen LogP contribution in [0.5, 0.6) is 0 Å². The smallest absolute Gasteiger partial charge is 0.312 e. The van der Waals surface area contributed by atoms with Crippen LogP contribution in [0.4, 0.5) is 4.39 Å². The van der Waals surface area contributed by atoms with Crippen molar-refractivity contribution in [1.29, 1.82) is 0 Å². The summed E-state index contributed by atoms with van der Waals surface area (Å²) in [5, 5.41) is 12.5. The lowest BCUT2D eigenvalue weighted by atomic mass is 9.85. The fraction of sp³-hybridized carbons (Fsp3) is 0.350. The maximum atomic E-state index is 14.2. The van der Waals surface area contributed by atoms with E-state index in [0.29, 0.717) is 35.8 Å². The number of imidazole rings is 1. The summed E-state index contributed by atoms with van der Waals surface area (Å²) < 4.78 is 21.1. The van der Waals surface area contributed by atoms with Crippen LogP contribution >= 0.6 is 0 Å². The van der Waals surface area contributed by atoms with E-state index in [4.69, 9.17) is 4.42 Å². The van der Waals surface area contributed by atoms with E-state index < -0.39 is 12.0 Å². The van der Waals surface area contributed by atoms with Crippen LogP contribution in [-0.4, -0.2) is 47.1 Å². The molecule has 0 bridgehead atoms. The van der Waals surface area contributed by atoms with Gasteiger partial charge in [-0.05, 0) is 31.0 Å². The van der Waals surface area contributed by atoms with Crippen molar-refractivity contribution in [2.45, 2.75) is 37.6 Å². The van der Waals surface area contributed by atoms with E-state index in [0.717, 1.165) is 25.0 Å². The molecule has 4 aromatic rings. The van der Waals surface area contributed by atoms with Gasteiger partial charge in [0.1, 0.15) is 6.04 Å². The number of rotatable bonds is 3. The molecule has 1 fully saturated rings. The average molecular weight is 407 g/mol. The Morgan fingerprint density at radius 3 is 2.97 bits per heavy atom. The summed E-state index contributed by atoms with van der Waals surface area (Å²) in [6.45, 7) is 0.427. The first-order chi connectivity index (χ1) is 14.7. The molecule has 1 saturated carbocycles. The van der Waals surface area contributed by atoms with Crippen LogP contribution in [-0.2, 0) is 6.42 Å². The standard InChI is InChI=1S/C20H18FN7O2/c21-15-6-2-5-12-9-14(26-28(12)15)17-16-13(22-10-23-16)7-8-27(17)20(29)19-25-24-18(30-19)11-3-1-4-11/h2,5-6,9-11,17H,1,3-4,7-8H2,(H,22,23). The number of aromatic nitrogens is 6. The van der Waals surface area contributed by atoms with E-state index in [-0.39, 0.29) is 17.7 Å². The van der Waals surface area contributed by atoms with E-state index in [9.17, 15) is 9.18 Å². The zero-order chi connectivity index (χ0) is 20.2. The predicted molar refractivity (Wildman–Crippen MR) is 101 cm³/mol. The summed E-state index contributed by atoms with van der Waals surface area (Å²) in [7, 11) is 0. The number of halogens is 1. The van der Waals surface area contributed by atoms with Gasteiger partial charge in [0.25, 0.3) is 0 Å². The van der Waals surface area contributed by atoms with E-state index >= 15 is 0 Å². The molecule has 1 unspecified atom stereocenters. The van der Waals surface area contributed by atoms with Crippen LogP contribution < -0.4 is 0 Å². The molecule has 30 heavy (non-hydrogen) atoms. The van der Waals surface area contributed by atoms with Crippen LogP contribution in [0.1, 0.15) is 64.9 Å². The number of H-pyrrole nitrogens is 1. The van der Waals surface area contributed by atoms with Crippen molar-refractivity contribution in [2.75, 3.05) is 6.54 Å². The molecule has 0 spiro atoms. The van der Waals surface area contributed by atoms with Crippen molar-refractivity contribution in [3.8, 4) is 0 Å². The Kier molecular flexibility index (Phi) is 3.74. The lowest BCUT2D eigenvalue weighted by Crippen LogP contribution is -2.41. The van der Waals surface area contributed by atoms with Crippen LogP contribution in [0.15, 0.2) is 35.0 Å². The monoisotopic (exact) mass is 407 g/mol. The summed E-state index contributed by atoms with van der Waals surface area (Å²) in [6, 6.07) is 5.92. The quantitative estimate of drug-likeness (QED) is 0.524. The van der Waals surface area contributed by atoms with Gasteiger partial charge in [0.2, 0.25) is 11.8 Å². The zero-order valence-corrected chi connectivity index (χ0v) is 16.0. The van der Waals surface area contributed by atoms with Gasteiger partial charge in [-0.1, -0.05) is 12.5 Å². The molecular weight excluding hydrogens is 389 g/mol. The molecule has 1 aliphatic heterocycles. The molecule has 5 heterocycles. The first kappa shape index (κ1) is 17.3. The second kappa shape index (κ2) is 6.48. The van der Waals surface area contributed by atoms with Crippen LogP contribution in [0, 0.1) is 5.95 Å². The number of hydrogen-bond acceptors (Lipinski definition) is 6. The number of amides is 1. The molecular formula is C20H18FN7O2. The third kappa shape index (κ3) is 2.56. The number of aromatic amines is 1. The van der Waals surface area contributed by atoms with Gasteiger partial charge in [-0.25, -0.2) is 9.50 Å². The van der Waals surface area contributed by atoms with E-state index in [1.54, 1.807) is 29.4 Å². The topological polar surface area (TPSA) is 105 Å². The maximum Gasteiger partial charge on any atom is 0.312 e. The number of nitrogens with zero attached hydrogens (tertiary/aromatic N) is 6. The highest BCUT2D eigenvalue weighted by Gasteiger charge is 2.38. The molecule has 152 valence electrons. The lowest BCUT2D eigenvalue weighted by Gasteiger charge is -2.32. The fourth-order valence-electron chi connectivity index (χ4n) is 4.19. The third-order valence-corrected chi connectivity index (χ3v) is 6.00. The number of fused-ring (bicyclic) bond motifs is 2. The van der Waals surface area contributed by atoms with Gasteiger partial charge in [0.15, 0.2) is 0 Å². The summed E-state index contributed by atoms with van der Waals surface area (Å²) in [5.74, 6) is -0.110. The number of carbonyl (C=O) groups is 1. The van der Waals surface area contributed by atoms with Crippen molar-refractivity contribution in [3.05, 3.63) is 65.4 Å².